The van der Waals surface area contributed by atoms with Crippen molar-refractivity contribution in [2.24, 2.45) is 10.9 Å². The van der Waals surface area contributed by atoms with Crippen molar-refractivity contribution < 1.29 is 14.6 Å². The van der Waals surface area contributed by atoms with Gasteiger partial charge in [0, 0.05) is 13.1 Å². The van der Waals surface area contributed by atoms with Gasteiger partial charge in [0.25, 0.3) is 0 Å². The average Bonchev–Trinajstić information content (AvgIpc) is 3.21. The van der Waals surface area contributed by atoms with E-state index < -0.39 is 0 Å². The van der Waals surface area contributed by atoms with E-state index in [2.05, 4.69) is 22.5 Å². The molecule has 152 valence electrons. The molecule has 6 nitrogen and oxygen atoms in total. The van der Waals surface area contributed by atoms with Gasteiger partial charge >= 0.3 is 0 Å². The summed E-state index contributed by atoms with van der Waals surface area (Å²) in [6, 6.07) is 5.77. The minimum absolute atomic E-state index is 0.0202. The van der Waals surface area contributed by atoms with Crippen LogP contribution in [0.15, 0.2) is 23.2 Å². The molecule has 1 aliphatic rings. The summed E-state index contributed by atoms with van der Waals surface area (Å²) < 4.78 is 10.8. The Morgan fingerprint density at radius 1 is 1.22 bits per heavy atom. The minimum atomic E-state index is -0.0202. The van der Waals surface area contributed by atoms with Crippen LogP contribution in [0.1, 0.15) is 51.0 Å². The van der Waals surface area contributed by atoms with Crippen LogP contribution in [0.4, 0.5) is 0 Å². The second kappa shape index (κ2) is 12.4. The zero-order chi connectivity index (χ0) is 19.3. The van der Waals surface area contributed by atoms with Gasteiger partial charge in [-0.05, 0) is 43.4 Å². The van der Waals surface area contributed by atoms with Gasteiger partial charge < -0.3 is 25.2 Å². The summed E-state index contributed by atoms with van der Waals surface area (Å²) in [5, 5.41) is 15.6. The maximum absolute atomic E-state index is 8.89. The molecule has 2 rings (SSSR count). The molecular formula is C21H35N3O3. The molecular weight excluding hydrogens is 342 g/mol. The molecule has 3 N–H and O–H groups in total. The Bertz CT molecular complexity index is 572. The van der Waals surface area contributed by atoms with Crippen LogP contribution in [0, 0.1) is 5.92 Å². The highest BCUT2D eigenvalue weighted by Gasteiger charge is 2.14. The van der Waals surface area contributed by atoms with Gasteiger partial charge in [0.2, 0.25) is 0 Å². The van der Waals surface area contributed by atoms with E-state index in [-0.39, 0.29) is 13.2 Å². The molecule has 27 heavy (non-hydrogen) atoms. The summed E-state index contributed by atoms with van der Waals surface area (Å²) >= 11 is 0. The number of ether oxygens (including phenoxy) is 2. The lowest BCUT2D eigenvalue weighted by molar-refractivity contribution is 0.196. The number of nitrogens with zero attached hydrogens (tertiary/aromatic N) is 1. The van der Waals surface area contributed by atoms with Gasteiger partial charge in [-0.15, -0.1) is 0 Å². The quantitative estimate of drug-likeness (QED) is 0.314. The number of hydrogen-bond acceptors (Lipinski definition) is 4. The second-order valence-corrected chi connectivity index (χ2v) is 6.97. The first-order valence-corrected chi connectivity index (χ1v) is 10.2. The summed E-state index contributed by atoms with van der Waals surface area (Å²) in [5.74, 6) is 3.08. The Morgan fingerprint density at radius 3 is 2.74 bits per heavy atom. The molecule has 1 aromatic carbocycles. The molecule has 0 aromatic heterocycles. The van der Waals surface area contributed by atoms with Crippen LogP contribution in [-0.4, -0.2) is 44.5 Å². The van der Waals surface area contributed by atoms with Crippen LogP contribution in [0.2, 0.25) is 0 Å². The highest BCUT2D eigenvalue weighted by atomic mass is 16.5. The molecule has 0 radical (unpaired) electrons. The number of hydrogen-bond donors (Lipinski definition) is 3. The van der Waals surface area contributed by atoms with E-state index >= 15 is 0 Å². The van der Waals surface area contributed by atoms with E-state index in [0.29, 0.717) is 18.0 Å². The predicted molar refractivity (Wildman–Crippen MR) is 110 cm³/mol. The maximum Gasteiger partial charge on any atom is 0.191 e. The van der Waals surface area contributed by atoms with E-state index in [9.17, 15) is 0 Å². The lowest BCUT2D eigenvalue weighted by atomic mass is 10.0. The zero-order valence-corrected chi connectivity index (χ0v) is 16.8. The molecule has 1 aromatic rings. The summed E-state index contributed by atoms with van der Waals surface area (Å²) in [6.45, 7) is 4.67. The van der Waals surface area contributed by atoms with Gasteiger partial charge in [-0.3, -0.25) is 0 Å². The van der Waals surface area contributed by atoms with Crippen LogP contribution < -0.4 is 20.1 Å². The highest BCUT2D eigenvalue weighted by molar-refractivity contribution is 5.79. The van der Waals surface area contributed by atoms with Crippen molar-refractivity contribution in [3.8, 4) is 11.5 Å². The largest absolute Gasteiger partial charge is 0.493 e. The fourth-order valence-electron chi connectivity index (χ4n) is 3.49. The minimum Gasteiger partial charge on any atom is -0.493 e. The number of guanidine groups is 1. The monoisotopic (exact) mass is 377 g/mol. The van der Waals surface area contributed by atoms with Crippen molar-refractivity contribution in [1.29, 1.82) is 0 Å². The van der Waals surface area contributed by atoms with Crippen molar-refractivity contribution >= 4 is 5.96 Å². The molecule has 0 bridgehead atoms. The van der Waals surface area contributed by atoms with Gasteiger partial charge in [0.1, 0.15) is 6.61 Å². The molecule has 1 saturated carbocycles. The zero-order valence-electron chi connectivity index (χ0n) is 16.8. The van der Waals surface area contributed by atoms with Crippen LogP contribution in [-0.2, 0) is 6.54 Å². The lowest BCUT2D eigenvalue weighted by Crippen LogP contribution is -2.37. The fourth-order valence-corrected chi connectivity index (χ4v) is 3.49. The molecule has 0 aliphatic heterocycles. The molecule has 0 unspecified atom stereocenters. The number of aliphatic imine (C=N–C) groups is 1. The molecule has 0 heterocycles. The van der Waals surface area contributed by atoms with Gasteiger partial charge in [0.15, 0.2) is 17.5 Å². The number of nitrogens with one attached hydrogen (secondary N) is 2. The van der Waals surface area contributed by atoms with Gasteiger partial charge in [-0.25, -0.2) is 4.99 Å². The standard InChI is InChI=1S/C21H35N3O3/c1-3-22-21(23-12-6-9-17-7-4-5-8-17)24-16-18-10-11-19(27-14-13-25)20(15-18)26-2/h10-11,15,17,25H,3-9,12-14,16H2,1-2H3,(H2,22,23,24). The summed E-state index contributed by atoms with van der Waals surface area (Å²) in [6.07, 6.45) is 8.16. The third kappa shape index (κ3) is 7.67. The van der Waals surface area contributed by atoms with E-state index in [1.807, 2.05) is 18.2 Å². The number of aliphatic hydroxyl groups is 1. The summed E-state index contributed by atoms with van der Waals surface area (Å²) in [7, 11) is 1.62. The summed E-state index contributed by atoms with van der Waals surface area (Å²) in [5.41, 5.74) is 1.05. The summed E-state index contributed by atoms with van der Waals surface area (Å²) in [4.78, 5) is 4.68. The van der Waals surface area contributed by atoms with Crippen LogP contribution in [0.25, 0.3) is 0 Å². The first-order valence-electron chi connectivity index (χ1n) is 10.2. The van der Waals surface area contributed by atoms with Gasteiger partial charge in [0.05, 0.1) is 20.3 Å². The van der Waals surface area contributed by atoms with Crippen LogP contribution in [0.5, 0.6) is 11.5 Å². The number of benzene rings is 1. The van der Waals surface area contributed by atoms with E-state index in [4.69, 9.17) is 14.6 Å². The Hall–Kier alpha value is -1.95. The molecule has 6 heteroatoms. The lowest BCUT2D eigenvalue weighted by Gasteiger charge is -2.14. The van der Waals surface area contributed by atoms with Crippen molar-refractivity contribution in [2.45, 2.75) is 52.0 Å². The first kappa shape index (κ1) is 21.4. The Morgan fingerprint density at radius 2 is 2.04 bits per heavy atom. The van der Waals surface area contributed by atoms with E-state index in [1.165, 1.54) is 38.5 Å². The van der Waals surface area contributed by atoms with Crippen LogP contribution >= 0.6 is 0 Å². The van der Waals surface area contributed by atoms with Crippen LogP contribution in [0.3, 0.4) is 0 Å². The van der Waals surface area contributed by atoms with Crippen molar-refractivity contribution in [3.63, 3.8) is 0 Å². The van der Waals surface area contributed by atoms with Crippen molar-refractivity contribution in [1.82, 2.24) is 10.6 Å². The number of rotatable bonds is 11. The molecule has 0 spiro atoms. The topological polar surface area (TPSA) is 75.1 Å². The molecule has 0 saturated heterocycles. The fraction of sp³-hybridized carbons (Fsp3) is 0.667. The third-order valence-corrected chi connectivity index (χ3v) is 4.90. The van der Waals surface area contributed by atoms with Gasteiger partial charge in [-0.1, -0.05) is 31.7 Å². The van der Waals surface area contributed by atoms with E-state index in [0.717, 1.165) is 30.5 Å². The number of methoxy groups -OCH3 is 1. The van der Waals surface area contributed by atoms with Crippen molar-refractivity contribution in [2.75, 3.05) is 33.4 Å². The van der Waals surface area contributed by atoms with Crippen molar-refractivity contribution in [3.05, 3.63) is 23.8 Å². The molecule has 0 atom stereocenters. The first-order chi connectivity index (χ1) is 13.3. The number of aliphatic hydroxyl groups excluding tert-OH is 1. The van der Waals surface area contributed by atoms with Gasteiger partial charge in [-0.2, -0.15) is 0 Å². The van der Waals surface area contributed by atoms with E-state index in [1.54, 1.807) is 7.11 Å². The Kier molecular flexibility index (Phi) is 9.84. The smallest absolute Gasteiger partial charge is 0.191 e. The molecule has 1 aliphatic carbocycles. The predicted octanol–water partition coefficient (Wildman–Crippen LogP) is 3.09. The second-order valence-electron chi connectivity index (χ2n) is 6.97. The highest BCUT2D eigenvalue weighted by Crippen LogP contribution is 2.29. The normalized spacial score (nSPS) is 15.0. The Labute approximate surface area is 163 Å². The average molecular weight is 378 g/mol. The third-order valence-electron chi connectivity index (χ3n) is 4.90. The molecule has 1 fully saturated rings. The maximum atomic E-state index is 8.89. The Balaban J connectivity index is 1.84. The SMILES string of the molecule is CCNC(=NCc1ccc(OCCO)c(OC)c1)NCCCC1CCCC1. The molecule has 0 amide bonds.